The van der Waals surface area contributed by atoms with Crippen LogP contribution in [0.5, 0.6) is 0 Å². The molecule has 2 N–H and O–H groups in total. The van der Waals surface area contributed by atoms with Crippen molar-refractivity contribution in [3.05, 3.63) is 64.7 Å². The highest BCUT2D eigenvalue weighted by molar-refractivity contribution is 7.92. The largest absolute Gasteiger partial charge is 0.369 e. The monoisotopic (exact) mass is 446 g/mol. The first-order valence-corrected chi connectivity index (χ1v) is 11.0. The molecule has 0 unspecified atom stereocenters. The molecule has 3 rings (SSSR count). The van der Waals surface area contributed by atoms with Crippen molar-refractivity contribution in [1.29, 1.82) is 0 Å². The van der Waals surface area contributed by atoms with Gasteiger partial charge in [0.2, 0.25) is 11.8 Å². The maximum atomic E-state index is 13.3. The smallest absolute Gasteiger partial charge is 0.269 e. The van der Waals surface area contributed by atoms with Gasteiger partial charge in [-0.1, -0.05) is 18.2 Å². The number of likely N-dealkylation sites (tertiary alicyclic amines) is 1. The molecule has 164 valence electrons. The van der Waals surface area contributed by atoms with E-state index in [-0.39, 0.29) is 22.2 Å². The SMILES string of the molecule is NC(=O)C1CCN(C(=O)CN(c2ccc([N+](=O)[O-])cc2)S(=O)(=O)c2ccccc2)CC1. The van der Waals surface area contributed by atoms with Crippen LogP contribution in [0.15, 0.2) is 59.5 Å². The molecule has 10 nitrogen and oxygen atoms in total. The number of anilines is 1. The Bertz CT molecular complexity index is 1060. The number of carbonyl (C=O) groups excluding carboxylic acids is 2. The lowest BCUT2D eigenvalue weighted by molar-refractivity contribution is -0.384. The van der Waals surface area contributed by atoms with Gasteiger partial charge in [0.1, 0.15) is 6.54 Å². The summed E-state index contributed by atoms with van der Waals surface area (Å²) >= 11 is 0. The number of rotatable bonds is 7. The molecule has 31 heavy (non-hydrogen) atoms. The molecule has 1 fully saturated rings. The number of sulfonamides is 1. The number of hydrogen-bond acceptors (Lipinski definition) is 6. The molecule has 1 aliphatic heterocycles. The summed E-state index contributed by atoms with van der Waals surface area (Å²) in [6, 6.07) is 12.6. The molecule has 0 saturated carbocycles. The average molecular weight is 446 g/mol. The second-order valence-electron chi connectivity index (χ2n) is 7.16. The quantitative estimate of drug-likeness (QED) is 0.504. The Hall–Kier alpha value is -3.47. The van der Waals surface area contributed by atoms with Gasteiger partial charge in [0.25, 0.3) is 15.7 Å². The number of amides is 2. The Kier molecular flexibility index (Phi) is 6.54. The molecule has 2 aromatic carbocycles. The zero-order valence-electron chi connectivity index (χ0n) is 16.6. The molecule has 0 bridgehead atoms. The van der Waals surface area contributed by atoms with Crippen LogP contribution in [0.25, 0.3) is 0 Å². The Morgan fingerprint density at radius 3 is 2.16 bits per heavy atom. The van der Waals surface area contributed by atoms with Crippen LogP contribution >= 0.6 is 0 Å². The first-order chi connectivity index (χ1) is 14.7. The number of nitro groups is 1. The maximum Gasteiger partial charge on any atom is 0.269 e. The van der Waals surface area contributed by atoms with Crippen LogP contribution in [0.4, 0.5) is 11.4 Å². The van der Waals surface area contributed by atoms with Crippen molar-refractivity contribution in [3.8, 4) is 0 Å². The van der Waals surface area contributed by atoms with Gasteiger partial charge in [-0.15, -0.1) is 0 Å². The Balaban J connectivity index is 1.88. The zero-order chi connectivity index (χ0) is 22.6. The molecule has 0 radical (unpaired) electrons. The Labute approximate surface area is 179 Å². The zero-order valence-corrected chi connectivity index (χ0v) is 17.4. The van der Waals surface area contributed by atoms with Gasteiger partial charge >= 0.3 is 0 Å². The molecule has 0 atom stereocenters. The van der Waals surface area contributed by atoms with E-state index in [1.807, 2.05) is 0 Å². The number of nitro benzene ring substituents is 1. The van der Waals surface area contributed by atoms with E-state index < -0.39 is 33.3 Å². The molecular weight excluding hydrogens is 424 g/mol. The number of nitrogens with two attached hydrogens (primary N) is 1. The van der Waals surface area contributed by atoms with E-state index in [0.717, 1.165) is 4.31 Å². The van der Waals surface area contributed by atoms with Gasteiger partial charge in [-0.3, -0.25) is 24.0 Å². The van der Waals surface area contributed by atoms with Gasteiger partial charge in [0.15, 0.2) is 0 Å². The summed E-state index contributed by atoms with van der Waals surface area (Å²) in [6.07, 6.45) is 0.841. The Morgan fingerprint density at radius 1 is 1.06 bits per heavy atom. The number of non-ortho nitro benzene ring substituents is 1. The van der Waals surface area contributed by atoms with Crippen molar-refractivity contribution in [1.82, 2.24) is 4.90 Å². The predicted octanol–water partition coefficient (Wildman–Crippen LogP) is 1.51. The standard InChI is InChI=1S/C20H22N4O6S/c21-20(26)15-10-12-22(13-11-15)19(25)14-23(16-6-8-17(9-7-16)24(27)28)31(29,30)18-4-2-1-3-5-18/h1-9,15H,10-14H2,(H2,21,26). The van der Waals surface area contributed by atoms with Crippen LogP contribution < -0.4 is 10.0 Å². The molecule has 0 aromatic heterocycles. The number of piperidine rings is 1. The van der Waals surface area contributed by atoms with E-state index in [1.54, 1.807) is 18.2 Å². The fraction of sp³-hybridized carbons (Fsp3) is 0.300. The number of hydrogen-bond donors (Lipinski definition) is 1. The minimum absolute atomic E-state index is 0.00594. The van der Waals surface area contributed by atoms with E-state index in [2.05, 4.69) is 0 Å². The van der Waals surface area contributed by atoms with E-state index in [4.69, 9.17) is 5.73 Å². The molecule has 0 spiro atoms. The van der Waals surface area contributed by atoms with Crippen molar-refractivity contribution >= 4 is 33.2 Å². The van der Waals surface area contributed by atoms with Crippen molar-refractivity contribution in [2.45, 2.75) is 17.7 Å². The lowest BCUT2D eigenvalue weighted by Gasteiger charge is -2.33. The first kappa shape index (κ1) is 22.2. The molecule has 1 saturated heterocycles. The predicted molar refractivity (Wildman–Crippen MR) is 113 cm³/mol. The number of benzene rings is 2. The fourth-order valence-corrected chi connectivity index (χ4v) is 4.85. The molecule has 1 aliphatic rings. The highest BCUT2D eigenvalue weighted by atomic mass is 32.2. The summed E-state index contributed by atoms with van der Waals surface area (Å²) in [6.45, 7) is 0.119. The second-order valence-corrected chi connectivity index (χ2v) is 9.02. The van der Waals surface area contributed by atoms with Crippen LogP contribution in [-0.4, -0.2) is 49.7 Å². The third kappa shape index (κ3) is 5.00. The van der Waals surface area contributed by atoms with Gasteiger partial charge in [0.05, 0.1) is 15.5 Å². The molecule has 2 aromatic rings. The van der Waals surface area contributed by atoms with Crippen molar-refractivity contribution < 1.29 is 22.9 Å². The molecule has 2 amide bonds. The normalized spacial score (nSPS) is 14.8. The third-order valence-corrected chi connectivity index (χ3v) is 7.00. The maximum absolute atomic E-state index is 13.3. The van der Waals surface area contributed by atoms with Gasteiger partial charge in [0, 0.05) is 31.1 Å². The van der Waals surface area contributed by atoms with Crippen LogP contribution in [0.3, 0.4) is 0 Å². The summed E-state index contributed by atoms with van der Waals surface area (Å²) in [5, 5.41) is 10.9. The van der Waals surface area contributed by atoms with Gasteiger partial charge in [-0.2, -0.15) is 0 Å². The fourth-order valence-electron chi connectivity index (χ4n) is 3.41. The summed E-state index contributed by atoms with van der Waals surface area (Å²) in [7, 11) is -4.10. The van der Waals surface area contributed by atoms with Crippen LogP contribution in [-0.2, 0) is 19.6 Å². The van der Waals surface area contributed by atoms with E-state index >= 15 is 0 Å². The van der Waals surface area contributed by atoms with E-state index in [9.17, 15) is 28.1 Å². The minimum atomic E-state index is -4.10. The van der Waals surface area contributed by atoms with Crippen LogP contribution in [0, 0.1) is 16.0 Å². The van der Waals surface area contributed by atoms with E-state index in [0.29, 0.717) is 25.9 Å². The highest BCUT2D eigenvalue weighted by Crippen LogP contribution is 2.26. The third-order valence-electron chi connectivity index (χ3n) is 5.21. The molecule has 0 aliphatic carbocycles. The molecule has 1 heterocycles. The van der Waals surface area contributed by atoms with Gasteiger partial charge in [-0.25, -0.2) is 8.42 Å². The lowest BCUT2D eigenvalue weighted by Crippen LogP contribution is -2.47. The highest BCUT2D eigenvalue weighted by Gasteiger charge is 2.31. The number of primary amides is 1. The summed E-state index contributed by atoms with van der Waals surface area (Å²) < 4.78 is 27.5. The van der Waals surface area contributed by atoms with Gasteiger partial charge < -0.3 is 10.6 Å². The average Bonchev–Trinajstić information content (AvgIpc) is 2.78. The number of nitrogens with zero attached hydrogens (tertiary/aromatic N) is 3. The summed E-state index contributed by atoms with van der Waals surface area (Å²) in [5.74, 6) is -1.14. The van der Waals surface area contributed by atoms with Crippen molar-refractivity contribution in [3.63, 3.8) is 0 Å². The van der Waals surface area contributed by atoms with Gasteiger partial charge in [-0.05, 0) is 37.1 Å². The van der Waals surface area contributed by atoms with Crippen LogP contribution in [0.2, 0.25) is 0 Å². The number of carbonyl (C=O) groups is 2. The first-order valence-electron chi connectivity index (χ1n) is 9.59. The summed E-state index contributed by atoms with van der Waals surface area (Å²) in [4.78, 5) is 36.1. The van der Waals surface area contributed by atoms with Crippen LogP contribution in [0.1, 0.15) is 12.8 Å². The van der Waals surface area contributed by atoms with Crippen molar-refractivity contribution in [2.24, 2.45) is 11.7 Å². The van der Waals surface area contributed by atoms with Crippen molar-refractivity contribution in [2.75, 3.05) is 23.9 Å². The minimum Gasteiger partial charge on any atom is -0.369 e. The molecule has 11 heteroatoms. The summed E-state index contributed by atoms with van der Waals surface area (Å²) in [5.41, 5.74) is 5.26. The second kappa shape index (κ2) is 9.13. The topological polar surface area (TPSA) is 144 Å². The lowest BCUT2D eigenvalue weighted by atomic mass is 9.96. The Morgan fingerprint density at radius 2 is 1.65 bits per heavy atom. The van der Waals surface area contributed by atoms with E-state index in [1.165, 1.54) is 41.3 Å². The molecular formula is C20H22N4O6S.